The third kappa shape index (κ3) is 4.44. The number of nitrogens with one attached hydrogen (secondary N) is 1. The minimum atomic E-state index is 0.499. The molecule has 3 heteroatoms. The molecule has 0 atom stereocenters. The summed E-state index contributed by atoms with van der Waals surface area (Å²) < 4.78 is 0. The summed E-state index contributed by atoms with van der Waals surface area (Å²) in [6.45, 7) is 11.7. The molecule has 112 valence electrons. The lowest BCUT2D eigenvalue weighted by molar-refractivity contribution is 0.114. The van der Waals surface area contributed by atoms with E-state index in [1.54, 1.807) is 0 Å². The average molecular weight is 267 g/mol. The van der Waals surface area contributed by atoms with Gasteiger partial charge < -0.3 is 16.0 Å². The van der Waals surface area contributed by atoms with Crippen molar-refractivity contribution in [2.45, 2.75) is 46.0 Å². The number of nitrogens with zero attached hydrogens (tertiary/aromatic N) is 1. The van der Waals surface area contributed by atoms with Crippen LogP contribution in [0.5, 0.6) is 0 Å². The maximum absolute atomic E-state index is 5.62. The Hall–Kier alpha value is -0.120. The van der Waals surface area contributed by atoms with E-state index in [9.17, 15) is 0 Å². The van der Waals surface area contributed by atoms with Gasteiger partial charge in [0.25, 0.3) is 0 Å². The summed E-state index contributed by atoms with van der Waals surface area (Å²) in [6, 6.07) is 0. The molecule has 0 bridgehead atoms. The van der Waals surface area contributed by atoms with Crippen LogP contribution in [0.1, 0.15) is 46.0 Å². The minimum Gasteiger partial charge on any atom is -0.329 e. The van der Waals surface area contributed by atoms with Crippen LogP contribution in [-0.4, -0.2) is 44.2 Å². The quantitative estimate of drug-likeness (QED) is 0.742. The molecule has 19 heavy (non-hydrogen) atoms. The van der Waals surface area contributed by atoms with Crippen molar-refractivity contribution in [1.82, 2.24) is 10.2 Å². The lowest BCUT2D eigenvalue weighted by Crippen LogP contribution is -2.43. The van der Waals surface area contributed by atoms with Crippen LogP contribution in [0.4, 0.5) is 0 Å². The third-order valence-corrected chi connectivity index (χ3v) is 5.38. The van der Waals surface area contributed by atoms with Gasteiger partial charge in [0.05, 0.1) is 0 Å². The van der Waals surface area contributed by atoms with Gasteiger partial charge in [0.15, 0.2) is 0 Å². The number of hydrogen-bond acceptors (Lipinski definition) is 3. The van der Waals surface area contributed by atoms with E-state index >= 15 is 0 Å². The van der Waals surface area contributed by atoms with Crippen LogP contribution in [0.15, 0.2) is 0 Å². The first-order valence-electron chi connectivity index (χ1n) is 8.25. The molecule has 2 fully saturated rings. The predicted molar refractivity (Wildman–Crippen MR) is 82.2 cm³/mol. The predicted octanol–water partition coefficient (Wildman–Crippen LogP) is 2.07. The number of nitrogens with two attached hydrogens (primary N) is 1. The lowest BCUT2D eigenvalue weighted by Gasteiger charge is -2.41. The Balaban J connectivity index is 1.59. The molecule has 0 aromatic carbocycles. The van der Waals surface area contributed by atoms with E-state index in [1.165, 1.54) is 58.3 Å². The first-order valence-corrected chi connectivity index (χ1v) is 8.25. The van der Waals surface area contributed by atoms with Crippen molar-refractivity contribution < 1.29 is 0 Å². The molecule has 2 rings (SSSR count). The number of rotatable bonds is 7. The Morgan fingerprint density at radius 1 is 1.16 bits per heavy atom. The molecule has 0 aromatic rings. The van der Waals surface area contributed by atoms with Gasteiger partial charge in [-0.05, 0) is 62.6 Å². The van der Waals surface area contributed by atoms with E-state index in [2.05, 4.69) is 24.1 Å². The zero-order valence-corrected chi connectivity index (χ0v) is 13.0. The van der Waals surface area contributed by atoms with E-state index < -0.39 is 0 Å². The van der Waals surface area contributed by atoms with E-state index in [-0.39, 0.29) is 0 Å². The first kappa shape index (κ1) is 15.3. The molecule has 0 spiro atoms. The summed E-state index contributed by atoms with van der Waals surface area (Å²) in [7, 11) is 0. The molecule has 1 heterocycles. The Kier molecular flexibility index (Phi) is 5.67. The van der Waals surface area contributed by atoms with E-state index in [1.807, 2.05) is 0 Å². The van der Waals surface area contributed by atoms with Crippen molar-refractivity contribution in [1.29, 1.82) is 0 Å². The Morgan fingerprint density at radius 2 is 1.84 bits per heavy atom. The monoisotopic (exact) mass is 267 g/mol. The molecule has 1 saturated heterocycles. The highest BCUT2D eigenvalue weighted by Gasteiger charge is 2.33. The van der Waals surface area contributed by atoms with E-state index in [4.69, 9.17) is 5.73 Å². The molecule has 3 nitrogen and oxygen atoms in total. The third-order valence-electron chi connectivity index (χ3n) is 5.38. The molecule has 0 aromatic heterocycles. The van der Waals surface area contributed by atoms with Gasteiger partial charge in [0.2, 0.25) is 0 Å². The maximum Gasteiger partial charge on any atom is 0.0105 e. The van der Waals surface area contributed by atoms with Crippen LogP contribution in [0, 0.1) is 17.3 Å². The summed E-state index contributed by atoms with van der Waals surface area (Å²) in [5.41, 5.74) is 6.11. The fourth-order valence-corrected chi connectivity index (χ4v) is 3.53. The van der Waals surface area contributed by atoms with Gasteiger partial charge in [0.1, 0.15) is 0 Å². The molecule has 0 unspecified atom stereocenters. The smallest absolute Gasteiger partial charge is 0.0105 e. The highest BCUT2D eigenvalue weighted by molar-refractivity contribution is 4.86. The average Bonchev–Trinajstić information content (AvgIpc) is 2.28. The molecule has 1 saturated carbocycles. The molecular formula is C16H33N3. The van der Waals surface area contributed by atoms with Crippen molar-refractivity contribution in [3.05, 3.63) is 0 Å². The van der Waals surface area contributed by atoms with Crippen LogP contribution in [-0.2, 0) is 0 Å². The second-order valence-electron chi connectivity index (χ2n) is 7.32. The van der Waals surface area contributed by atoms with Crippen LogP contribution in [0.2, 0.25) is 0 Å². The van der Waals surface area contributed by atoms with Gasteiger partial charge in [-0.2, -0.15) is 0 Å². The number of hydrogen-bond donors (Lipinski definition) is 2. The van der Waals surface area contributed by atoms with Crippen LogP contribution in [0.3, 0.4) is 0 Å². The highest BCUT2D eigenvalue weighted by Crippen LogP contribution is 2.41. The maximum atomic E-state index is 5.62. The van der Waals surface area contributed by atoms with Crippen LogP contribution >= 0.6 is 0 Å². The molecule has 2 aliphatic rings. The minimum absolute atomic E-state index is 0.499. The zero-order chi connectivity index (χ0) is 13.7. The number of piperidine rings is 1. The van der Waals surface area contributed by atoms with Gasteiger partial charge in [0, 0.05) is 19.6 Å². The molecular weight excluding hydrogens is 234 g/mol. The topological polar surface area (TPSA) is 41.3 Å². The fraction of sp³-hybridized carbons (Fsp3) is 1.00. The second-order valence-corrected chi connectivity index (χ2v) is 7.32. The zero-order valence-electron chi connectivity index (χ0n) is 13.0. The molecule has 3 N–H and O–H groups in total. The normalized spacial score (nSPS) is 23.5. The summed E-state index contributed by atoms with van der Waals surface area (Å²) in [6.07, 6.45) is 7.04. The Bertz CT molecular complexity index is 253. The van der Waals surface area contributed by atoms with Gasteiger partial charge in [-0.15, -0.1) is 0 Å². The lowest BCUT2D eigenvalue weighted by atomic mass is 9.67. The van der Waals surface area contributed by atoms with Gasteiger partial charge in [-0.3, -0.25) is 0 Å². The summed E-state index contributed by atoms with van der Waals surface area (Å²) in [5.74, 6) is 1.85. The fourth-order valence-electron chi connectivity index (χ4n) is 3.53. The van der Waals surface area contributed by atoms with E-state index in [0.717, 1.165) is 24.9 Å². The van der Waals surface area contributed by atoms with Crippen molar-refractivity contribution in [3.8, 4) is 0 Å². The Morgan fingerprint density at radius 3 is 2.37 bits per heavy atom. The highest BCUT2D eigenvalue weighted by atomic mass is 15.1. The van der Waals surface area contributed by atoms with Crippen LogP contribution < -0.4 is 11.1 Å². The Labute approximate surface area is 119 Å². The molecule has 0 radical (unpaired) electrons. The van der Waals surface area contributed by atoms with Crippen molar-refractivity contribution in [2.75, 3.05) is 39.3 Å². The first-order chi connectivity index (χ1) is 9.12. The van der Waals surface area contributed by atoms with E-state index in [0.29, 0.717) is 5.41 Å². The van der Waals surface area contributed by atoms with Gasteiger partial charge in [-0.25, -0.2) is 0 Å². The van der Waals surface area contributed by atoms with Crippen molar-refractivity contribution in [3.63, 3.8) is 0 Å². The van der Waals surface area contributed by atoms with Crippen LogP contribution in [0.25, 0.3) is 0 Å². The summed E-state index contributed by atoms with van der Waals surface area (Å²) in [4.78, 5) is 2.51. The largest absolute Gasteiger partial charge is 0.329 e. The SMILES string of the molecule is CC(C)(CNCC1CCN(CCN)CC1)C1CCC1. The summed E-state index contributed by atoms with van der Waals surface area (Å²) in [5, 5.41) is 3.75. The summed E-state index contributed by atoms with van der Waals surface area (Å²) >= 11 is 0. The number of likely N-dealkylation sites (tertiary alicyclic amines) is 1. The second kappa shape index (κ2) is 7.05. The van der Waals surface area contributed by atoms with Crippen molar-refractivity contribution >= 4 is 0 Å². The molecule has 0 amide bonds. The van der Waals surface area contributed by atoms with Crippen molar-refractivity contribution in [2.24, 2.45) is 23.0 Å². The molecule has 1 aliphatic heterocycles. The standard InChI is InChI=1S/C16H33N3/c1-16(2,15-4-3-5-15)13-18-12-14-6-9-19(10-7-14)11-8-17/h14-15,18H,3-13,17H2,1-2H3. The van der Waals surface area contributed by atoms with Gasteiger partial charge in [-0.1, -0.05) is 20.3 Å². The van der Waals surface area contributed by atoms with Gasteiger partial charge >= 0.3 is 0 Å². The molecule has 1 aliphatic carbocycles.